The molecule has 0 bridgehead atoms. The maximum atomic E-state index is 6.69. The first kappa shape index (κ1) is 30.7. The van der Waals surface area contributed by atoms with Gasteiger partial charge in [0.1, 0.15) is 16.8 Å². The van der Waals surface area contributed by atoms with E-state index < -0.39 is 0 Å². The minimum absolute atomic E-state index is 0.161. The standard InChI is InChI=1S/C53H32N4O/c1-53(2)39-19-8-5-14-32(39)33-23-22-31(27-40(33)53)48-51-49(36-16-7-10-21-45(36)58-51)55-52(54-48)57-43-25-24-42-46(47(43)38-26-29-12-3-4-13-30(29)28-44(38)57)37-18-11-17-35-34-15-6-9-20-41(34)56(42)50(35)37/h3-28H,1-2H3. The third-order valence-electron chi connectivity index (χ3n) is 13.2. The number of para-hydroxylation sites is 3. The first-order valence-corrected chi connectivity index (χ1v) is 20.0. The average molecular weight is 741 g/mol. The Morgan fingerprint density at radius 3 is 2.12 bits per heavy atom. The van der Waals surface area contributed by atoms with Crippen molar-refractivity contribution < 1.29 is 4.42 Å². The molecule has 5 heteroatoms. The fourth-order valence-electron chi connectivity index (χ4n) is 10.7. The summed E-state index contributed by atoms with van der Waals surface area (Å²) in [4.78, 5) is 11.0. The lowest BCUT2D eigenvalue weighted by atomic mass is 9.82. The van der Waals surface area contributed by atoms with Crippen LogP contribution in [0, 0.1) is 0 Å². The number of fused-ring (bicyclic) bond motifs is 17. The number of nitrogens with zero attached hydrogens (tertiary/aromatic N) is 4. The zero-order chi connectivity index (χ0) is 38.0. The van der Waals surface area contributed by atoms with Crippen molar-refractivity contribution in [3.63, 3.8) is 0 Å². The van der Waals surface area contributed by atoms with Crippen LogP contribution in [-0.4, -0.2) is 18.9 Å². The zero-order valence-corrected chi connectivity index (χ0v) is 31.7. The molecule has 0 atom stereocenters. The quantitative estimate of drug-likeness (QED) is 0.177. The first-order valence-electron chi connectivity index (χ1n) is 20.0. The third-order valence-corrected chi connectivity index (χ3v) is 13.2. The second kappa shape index (κ2) is 10.5. The van der Waals surface area contributed by atoms with E-state index in [4.69, 9.17) is 14.4 Å². The van der Waals surface area contributed by atoms with E-state index in [2.05, 4.69) is 168 Å². The number of hydrogen-bond acceptors (Lipinski definition) is 3. The van der Waals surface area contributed by atoms with Gasteiger partial charge in [0.15, 0.2) is 5.58 Å². The molecule has 8 aromatic carbocycles. The van der Waals surface area contributed by atoms with Crippen LogP contribution >= 0.6 is 0 Å². The predicted octanol–water partition coefficient (Wildman–Crippen LogP) is 13.7. The summed E-state index contributed by atoms with van der Waals surface area (Å²) in [7, 11) is 0. The van der Waals surface area contributed by atoms with Crippen molar-refractivity contribution in [1.29, 1.82) is 0 Å². The largest absolute Gasteiger partial charge is 0.452 e. The van der Waals surface area contributed by atoms with Crippen LogP contribution in [0.3, 0.4) is 0 Å². The van der Waals surface area contributed by atoms with Crippen LogP contribution in [0.2, 0.25) is 0 Å². The maximum absolute atomic E-state index is 6.69. The van der Waals surface area contributed by atoms with Crippen molar-refractivity contribution >= 4 is 92.7 Å². The summed E-state index contributed by atoms with van der Waals surface area (Å²) in [6, 6.07) is 57.2. The lowest BCUT2D eigenvalue weighted by Crippen LogP contribution is -2.15. The van der Waals surface area contributed by atoms with Crippen molar-refractivity contribution in [2.45, 2.75) is 19.3 Å². The Bertz CT molecular complexity index is 3950. The van der Waals surface area contributed by atoms with E-state index in [0.717, 1.165) is 38.8 Å². The molecule has 0 unspecified atom stereocenters. The highest BCUT2D eigenvalue weighted by Gasteiger charge is 2.36. The predicted molar refractivity (Wildman–Crippen MR) is 239 cm³/mol. The smallest absolute Gasteiger partial charge is 0.236 e. The third kappa shape index (κ3) is 3.68. The van der Waals surface area contributed by atoms with Gasteiger partial charge in [-0.2, -0.15) is 0 Å². The summed E-state index contributed by atoms with van der Waals surface area (Å²) in [5.41, 5.74) is 15.0. The molecule has 0 saturated carbocycles. The van der Waals surface area contributed by atoms with Gasteiger partial charge in [-0.25, -0.2) is 9.97 Å². The highest BCUT2D eigenvalue weighted by atomic mass is 16.3. The molecular weight excluding hydrogens is 709 g/mol. The van der Waals surface area contributed by atoms with Crippen LogP contribution in [0.15, 0.2) is 162 Å². The molecule has 0 saturated heterocycles. The number of benzene rings is 8. The van der Waals surface area contributed by atoms with Crippen molar-refractivity contribution in [3.8, 4) is 28.3 Å². The van der Waals surface area contributed by atoms with Crippen molar-refractivity contribution in [3.05, 3.63) is 169 Å². The summed E-state index contributed by atoms with van der Waals surface area (Å²) in [6.45, 7) is 4.65. The molecule has 0 amide bonds. The Kier molecular flexibility index (Phi) is 5.53. The topological polar surface area (TPSA) is 48.3 Å². The molecule has 5 heterocycles. The monoisotopic (exact) mass is 740 g/mol. The molecule has 0 aliphatic heterocycles. The van der Waals surface area contributed by atoms with E-state index in [1.807, 2.05) is 12.1 Å². The molecule has 270 valence electrons. The minimum Gasteiger partial charge on any atom is -0.452 e. The van der Waals surface area contributed by atoms with Gasteiger partial charge in [0.2, 0.25) is 5.95 Å². The Balaban J connectivity index is 1.13. The van der Waals surface area contributed by atoms with Crippen LogP contribution in [-0.2, 0) is 5.41 Å². The van der Waals surface area contributed by atoms with Gasteiger partial charge >= 0.3 is 0 Å². The molecule has 0 spiro atoms. The highest BCUT2D eigenvalue weighted by Crippen LogP contribution is 2.50. The summed E-state index contributed by atoms with van der Waals surface area (Å²) in [5, 5.41) is 10.8. The minimum atomic E-state index is -0.161. The van der Waals surface area contributed by atoms with Gasteiger partial charge < -0.3 is 8.82 Å². The molecule has 5 aromatic heterocycles. The Labute approximate surface area is 331 Å². The Morgan fingerprint density at radius 2 is 1.21 bits per heavy atom. The van der Waals surface area contributed by atoms with Gasteiger partial charge in [-0.05, 0) is 81.6 Å². The SMILES string of the molecule is CC1(C)c2ccccc2-c2ccc(-c3nc(-n4c5cc6ccccc6cc5c5c6c7cccc8c9ccccc9n(c6ccc54)c87)nc4c3oc3ccccc34)cc21. The highest BCUT2D eigenvalue weighted by molar-refractivity contribution is 6.33. The number of rotatable bonds is 2. The summed E-state index contributed by atoms with van der Waals surface area (Å²) < 4.78 is 11.5. The summed E-state index contributed by atoms with van der Waals surface area (Å²) >= 11 is 0. The van der Waals surface area contributed by atoms with Crippen LogP contribution in [0.4, 0.5) is 0 Å². The van der Waals surface area contributed by atoms with Gasteiger partial charge in [-0.1, -0.05) is 123 Å². The molecule has 13 aromatic rings. The lowest BCUT2D eigenvalue weighted by molar-refractivity contribution is 0.659. The van der Waals surface area contributed by atoms with Gasteiger partial charge in [0.25, 0.3) is 0 Å². The summed E-state index contributed by atoms with van der Waals surface area (Å²) in [5.74, 6) is 0.619. The molecule has 14 rings (SSSR count). The van der Waals surface area contributed by atoms with E-state index in [0.29, 0.717) is 11.5 Å². The summed E-state index contributed by atoms with van der Waals surface area (Å²) in [6.07, 6.45) is 0. The maximum Gasteiger partial charge on any atom is 0.236 e. The molecule has 0 N–H and O–H groups in total. The Morgan fingerprint density at radius 1 is 0.500 bits per heavy atom. The number of aromatic nitrogens is 4. The molecular formula is C53H32N4O. The second-order valence-corrected chi connectivity index (χ2v) is 16.5. The fourth-order valence-corrected chi connectivity index (χ4v) is 10.7. The van der Waals surface area contributed by atoms with Crippen molar-refractivity contribution in [1.82, 2.24) is 18.9 Å². The Hall–Kier alpha value is -7.50. The molecule has 0 radical (unpaired) electrons. The molecule has 58 heavy (non-hydrogen) atoms. The van der Waals surface area contributed by atoms with Crippen molar-refractivity contribution in [2.75, 3.05) is 0 Å². The van der Waals surface area contributed by atoms with Crippen molar-refractivity contribution in [2.24, 2.45) is 0 Å². The number of hydrogen-bond donors (Lipinski definition) is 0. The molecule has 1 aliphatic rings. The molecule has 5 nitrogen and oxygen atoms in total. The van der Waals surface area contributed by atoms with Crippen LogP contribution < -0.4 is 0 Å². The van der Waals surface area contributed by atoms with E-state index in [9.17, 15) is 0 Å². The van der Waals surface area contributed by atoms with E-state index in [-0.39, 0.29) is 5.41 Å². The van der Waals surface area contributed by atoms with Gasteiger partial charge in [-0.3, -0.25) is 4.57 Å². The zero-order valence-electron chi connectivity index (χ0n) is 31.7. The van der Waals surface area contributed by atoms with Crippen LogP contribution in [0.1, 0.15) is 25.0 Å². The van der Waals surface area contributed by atoms with E-state index in [1.165, 1.54) is 81.9 Å². The van der Waals surface area contributed by atoms with Crippen LogP contribution in [0.5, 0.6) is 0 Å². The molecule has 1 aliphatic carbocycles. The van der Waals surface area contributed by atoms with Gasteiger partial charge in [0, 0.05) is 48.7 Å². The average Bonchev–Trinajstić information content (AvgIpc) is 4.04. The number of furan rings is 1. The van der Waals surface area contributed by atoms with E-state index in [1.54, 1.807) is 0 Å². The van der Waals surface area contributed by atoms with Gasteiger partial charge in [-0.15, -0.1) is 0 Å². The first-order chi connectivity index (χ1) is 28.5. The fraction of sp³-hybridized carbons (Fsp3) is 0.0566. The van der Waals surface area contributed by atoms with E-state index >= 15 is 0 Å². The normalized spacial score (nSPS) is 13.8. The second-order valence-electron chi connectivity index (χ2n) is 16.5. The van der Waals surface area contributed by atoms with Crippen LogP contribution in [0.25, 0.3) is 121 Å². The van der Waals surface area contributed by atoms with Gasteiger partial charge in [0.05, 0.1) is 27.6 Å². The molecule has 0 fully saturated rings. The lowest BCUT2D eigenvalue weighted by Gasteiger charge is -2.22.